The first-order chi connectivity index (χ1) is 36.8. The molecule has 4 aromatic carbocycles. The molecule has 2 fully saturated rings. The molecule has 2 aliphatic rings. The monoisotopic (exact) mass is 1230 g/mol. The second kappa shape index (κ2) is 24.8. The smallest absolute Gasteiger partial charge is 0.460 e. The molecule has 4 aromatic rings. The zero-order valence-electron chi connectivity index (χ0n) is 46.2. The maximum absolute atomic E-state index is 13.0. The topological polar surface area (TPSA) is 116 Å². The summed E-state index contributed by atoms with van der Waals surface area (Å²) in [6.07, 6.45) is -3.15. The van der Waals surface area contributed by atoms with Gasteiger partial charge in [-0.15, -0.1) is 0 Å². The highest BCUT2D eigenvalue weighted by atomic mass is 32.2. The molecule has 0 amide bonds. The summed E-state index contributed by atoms with van der Waals surface area (Å²) in [5, 5.41) is 5.08. The minimum atomic E-state index is -8.92. The lowest BCUT2D eigenvalue weighted by atomic mass is 9.70. The van der Waals surface area contributed by atoms with Crippen LogP contribution in [0.1, 0.15) is 134 Å². The molecule has 2 bridgehead atoms. The van der Waals surface area contributed by atoms with Crippen molar-refractivity contribution >= 4 is 27.9 Å². The van der Waals surface area contributed by atoms with Gasteiger partial charge in [0.05, 0.1) is 0 Å². The van der Waals surface area contributed by atoms with Gasteiger partial charge in [0, 0.05) is 29.6 Å². The van der Waals surface area contributed by atoms with Crippen LogP contribution in [0.25, 0.3) is 0 Å². The van der Waals surface area contributed by atoms with Crippen LogP contribution in [0.2, 0.25) is 0 Å². The summed E-state index contributed by atoms with van der Waals surface area (Å²) in [6.45, 7) is 24.6. The van der Waals surface area contributed by atoms with Crippen LogP contribution >= 0.6 is 12.0 Å². The molecule has 462 valence electrons. The van der Waals surface area contributed by atoms with Gasteiger partial charge in [-0.1, -0.05) is 179 Å². The first-order valence-electron chi connectivity index (χ1n) is 24.9. The molecule has 0 N–H and O–H groups in total. The number of ketones is 1. The molecule has 26 heteroatoms. The molecule has 0 aromatic heterocycles. The third kappa shape index (κ3) is 14.8. The third-order valence-electron chi connectivity index (χ3n) is 14.6. The number of fused-ring (bicyclic) bond motifs is 2. The van der Waals surface area contributed by atoms with Gasteiger partial charge in [0.2, 0.25) is 0 Å². The Morgan fingerprint density at radius 2 is 0.829 bits per heavy atom. The fraction of sp³-hybridized carbons (Fsp3) is 0.554. The molecule has 2 atom stereocenters. The number of halogens is 17. The van der Waals surface area contributed by atoms with Crippen molar-refractivity contribution in [3.63, 3.8) is 0 Å². The van der Waals surface area contributed by atoms with E-state index in [-0.39, 0.29) is 27.1 Å². The molecule has 0 saturated heterocycles. The summed E-state index contributed by atoms with van der Waals surface area (Å²) < 4.78 is 248. The minimum Gasteiger partial charge on any atom is -0.743 e. The Morgan fingerprint density at radius 1 is 0.512 bits per heavy atom. The van der Waals surface area contributed by atoms with Gasteiger partial charge in [-0.05, 0) is 92.2 Å². The van der Waals surface area contributed by atoms with Gasteiger partial charge < -0.3 is 9.81 Å². The van der Waals surface area contributed by atoms with Gasteiger partial charge >= 0.3 is 47.0 Å². The molecule has 6 rings (SSSR count). The minimum absolute atomic E-state index is 0.0311. The van der Waals surface area contributed by atoms with Gasteiger partial charge in [0.25, 0.3) is 0 Å². The Kier molecular flexibility index (Phi) is 21.7. The fourth-order valence-corrected chi connectivity index (χ4v) is 10.4. The number of benzene rings is 4. The molecule has 0 radical (unpaired) electrons. The second-order valence-electron chi connectivity index (χ2n) is 23.7. The average molecular weight is 1240 g/mol. The maximum Gasteiger partial charge on any atom is 0.460 e. The lowest BCUT2D eigenvalue weighted by Crippen LogP contribution is -2.75. The average Bonchev–Trinajstić information content (AvgIpc) is 3.83. The highest BCUT2D eigenvalue weighted by Gasteiger charge is 2.95. The molecule has 0 heterocycles. The van der Waals surface area contributed by atoms with Crippen LogP contribution in [-0.4, -0.2) is 71.5 Å². The van der Waals surface area contributed by atoms with Crippen molar-refractivity contribution in [2.75, 3.05) is 5.75 Å². The predicted octanol–water partition coefficient (Wildman–Crippen LogP) is 16.2. The van der Waals surface area contributed by atoms with Crippen molar-refractivity contribution in [1.29, 1.82) is 0 Å². The van der Waals surface area contributed by atoms with E-state index >= 15 is 0 Å². The van der Waals surface area contributed by atoms with Crippen molar-refractivity contribution < 1.29 is 107 Å². The Morgan fingerprint density at radius 3 is 1.10 bits per heavy atom. The molecule has 82 heavy (non-hydrogen) atoms. The number of alkyl halides is 17. The van der Waals surface area contributed by atoms with Crippen molar-refractivity contribution in [2.24, 2.45) is 16.7 Å². The Bertz CT molecular complexity index is 2790. The SMILES string of the molecule is CC(C)(C)c1ccc(Cc2ccc(C(C)(C)C)cc2)cc1.CC(C)(C)c1ccc(Cc2ccccc2)cc1.CC1(C)C2CCC1(CSOO[O-])C(=O)C2.O=S(=O)([O-])C(F)(F)C(F)(F)C(F)(F)C(F)(F)C(F)(F)C(F)(F)C(F)(F)C(F)(F)F. The second-order valence-corrected chi connectivity index (χ2v) is 25.7. The van der Waals surface area contributed by atoms with Crippen LogP contribution < -0.4 is 5.26 Å². The number of hydrogen-bond acceptors (Lipinski definition) is 8. The number of Topliss-reactive ketones (excluding diaryl/α,β-unsaturated/α-hetero) is 1. The lowest BCUT2D eigenvalue weighted by molar-refractivity contribution is -0.777. The Labute approximate surface area is 469 Å². The predicted molar refractivity (Wildman–Crippen MR) is 271 cm³/mol. The van der Waals surface area contributed by atoms with E-state index in [4.69, 9.17) is 0 Å². The van der Waals surface area contributed by atoms with E-state index in [1.807, 2.05) is 0 Å². The molecule has 2 aliphatic carbocycles. The molecular weight excluding hydrogens is 1170 g/mol. The summed E-state index contributed by atoms with van der Waals surface area (Å²) >= 11 is 0.951. The van der Waals surface area contributed by atoms with E-state index in [1.165, 1.54) is 38.9 Å². The first kappa shape index (κ1) is 71.8. The van der Waals surface area contributed by atoms with Gasteiger partial charge in [0.15, 0.2) is 10.1 Å². The van der Waals surface area contributed by atoms with Crippen LogP contribution in [0.4, 0.5) is 74.6 Å². The highest BCUT2D eigenvalue weighted by Crippen LogP contribution is 2.66. The molecule has 7 nitrogen and oxygen atoms in total. The number of hydrogen-bond donors (Lipinski definition) is 0. The third-order valence-corrected chi connectivity index (χ3v) is 16.3. The molecule has 0 aliphatic heterocycles. The normalized spacial score (nSPS) is 18.4. The number of rotatable bonds is 15. The van der Waals surface area contributed by atoms with Gasteiger partial charge in [-0.3, -0.25) is 9.83 Å². The summed E-state index contributed by atoms with van der Waals surface area (Å²) in [6, 6.07) is 37.7. The standard InChI is InChI=1S/C21H28.C17H20.C10H16O4S.C8HF17O3S/c1-20(2,3)18-11-7-16(8-12-18)15-17-9-13-19(14-10-17)21(4,5)6;1-17(2,3)16-11-9-15(10-12-16)13-14-7-5-4-6-8-14;1-9(2)7-3-4-10(9,8(11)5-7)6-15-14-13-12;9-1(10,3(13,14)5(17,18)7(21,22)23)2(11,12)4(15,16)6(19,20)8(24,25)29(26,27)28/h7-14H,15H2,1-6H3;4-12H,13H2,1-3H3;7,12H,3-6H2,1-2H3;(H,26,27,28)/p-2. The van der Waals surface area contributed by atoms with Crippen LogP contribution in [-0.2, 0) is 53.4 Å². The summed E-state index contributed by atoms with van der Waals surface area (Å²) in [5.41, 5.74) is 10.1. The summed E-state index contributed by atoms with van der Waals surface area (Å²) in [5.74, 6) is -50.8. The largest absolute Gasteiger partial charge is 0.743 e. The molecule has 2 unspecified atom stereocenters. The number of carbonyl (C=O) groups is 1. The van der Waals surface area contributed by atoms with E-state index in [0.29, 0.717) is 23.9 Å². The van der Waals surface area contributed by atoms with Crippen LogP contribution in [0.15, 0.2) is 103 Å². The van der Waals surface area contributed by atoms with Gasteiger partial charge in [0.1, 0.15) is 5.78 Å². The first-order valence-corrected chi connectivity index (χ1v) is 27.2. The summed E-state index contributed by atoms with van der Waals surface area (Å²) in [7, 11) is -8.14. The van der Waals surface area contributed by atoms with Crippen molar-refractivity contribution in [2.45, 2.75) is 171 Å². The van der Waals surface area contributed by atoms with Crippen molar-refractivity contribution in [3.8, 4) is 0 Å². The maximum atomic E-state index is 13.0. The molecular formula is C56H63F17O7S2-2. The molecule has 2 saturated carbocycles. The van der Waals surface area contributed by atoms with Crippen LogP contribution in [0, 0.1) is 16.7 Å². The van der Waals surface area contributed by atoms with Crippen LogP contribution in [0.3, 0.4) is 0 Å². The zero-order valence-corrected chi connectivity index (χ0v) is 47.9. The van der Waals surface area contributed by atoms with E-state index in [1.54, 1.807) is 0 Å². The summed E-state index contributed by atoms with van der Waals surface area (Å²) in [4.78, 5) is 12.0. The van der Waals surface area contributed by atoms with Gasteiger partial charge in [-0.25, -0.2) is 8.42 Å². The number of carbonyl (C=O) groups excluding carboxylic acids is 1. The van der Waals surface area contributed by atoms with Crippen molar-refractivity contribution in [3.05, 3.63) is 142 Å². The quantitative estimate of drug-likeness (QED) is 0.0289. The zero-order chi connectivity index (χ0) is 63.6. The van der Waals surface area contributed by atoms with E-state index in [9.17, 15) is 97.7 Å². The fourth-order valence-electron chi connectivity index (χ4n) is 8.99. The van der Waals surface area contributed by atoms with Gasteiger partial charge in [-0.2, -0.15) is 79.0 Å². The van der Waals surface area contributed by atoms with Crippen LogP contribution in [0.5, 0.6) is 0 Å². The highest BCUT2D eigenvalue weighted by molar-refractivity contribution is 7.94. The lowest BCUT2D eigenvalue weighted by Gasteiger charge is -2.42. The van der Waals surface area contributed by atoms with E-state index < -0.39 is 57.1 Å². The van der Waals surface area contributed by atoms with Crippen molar-refractivity contribution in [1.82, 2.24) is 0 Å². The Balaban J connectivity index is 0.000000295. The van der Waals surface area contributed by atoms with E-state index in [0.717, 1.165) is 37.7 Å². The molecule has 0 spiro atoms. The van der Waals surface area contributed by atoms with E-state index in [2.05, 4.69) is 189 Å². The Hall–Kier alpha value is -4.50.